The van der Waals surface area contributed by atoms with Gasteiger partial charge in [0.1, 0.15) is 4.90 Å². The van der Waals surface area contributed by atoms with Gasteiger partial charge in [0.2, 0.25) is 0 Å². The summed E-state index contributed by atoms with van der Waals surface area (Å²) in [5.74, 6) is -1.40. The van der Waals surface area contributed by atoms with E-state index in [9.17, 15) is 13.2 Å². The molecule has 6 nitrogen and oxygen atoms in total. The van der Waals surface area contributed by atoms with Crippen molar-refractivity contribution in [1.82, 2.24) is 9.84 Å². The number of hydrazine groups is 1. The Labute approximate surface area is 114 Å². The summed E-state index contributed by atoms with van der Waals surface area (Å²) in [6, 6.07) is 2.31. The van der Waals surface area contributed by atoms with Gasteiger partial charge in [-0.15, -0.1) is 4.83 Å². The molecule has 0 aliphatic heterocycles. The molecule has 0 atom stereocenters. The SMILES string of the molecule is CN(C)NS(=O)(=O)c1ccc(Cl)c(C(=O)O)c1Cl. The van der Waals surface area contributed by atoms with E-state index in [2.05, 4.69) is 4.83 Å². The predicted molar refractivity (Wildman–Crippen MR) is 67.4 cm³/mol. The number of benzene rings is 1. The number of nitrogens with zero attached hydrogens (tertiary/aromatic N) is 1. The number of rotatable bonds is 4. The van der Waals surface area contributed by atoms with Crippen LogP contribution in [0.1, 0.15) is 10.4 Å². The van der Waals surface area contributed by atoms with Gasteiger partial charge >= 0.3 is 5.97 Å². The van der Waals surface area contributed by atoms with Crippen LogP contribution in [0.2, 0.25) is 10.0 Å². The van der Waals surface area contributed by atoms with Gasteiger partial charge in [-0.3, -0.25) is 0 Å². The molecule has 0 bridgehead atoms. The minimum Gasteiger partial charge on any atom is -0.478 e. The lowest BCUT2D eigenvalue weighted by molar-refractivity contribution is 0.0697. The summed E-state index contributed by atoms with van der Waals surface area (Å²) in [5, 5.41) is 9.56. The quantitative estimate of drug-likeness (QED) is 0.822. The molecule has 1 aromatic carbocycles. The Morgan fingerprint density at radius 3 is 2.33 bits per heavy atom. The van der Waals surface area contributed by atoms with Gasteiger partial charge in [0, 0.05) is 14.1 Å². The zero-order chi connectivity index (χ0) is 14.1. The first-order valence-corrected chi connectivity index (χ1v) is 6.82. The van der Waals surface area contributed by atoms with Gasteiger partial charge in [0.05, 0.1) is 15.6 Å². The fourth-order valence-electron chi connectivity index (χ4n) is 1.23. The zero-order valence-electron chi connectivity index (χ0n) is 9.44. The molecule has 1 aromatic rings. The van der Waals surface area contributed by atoms with Gasteiger partial charge in [0.25, 0.3) is 10.0 Å². The number of hydrogen-bond acceptors (Lipinski definition) is 4. The molecular weight excluding hydrogens is 303 g/mol. The molecule has 0 unspecified atom stereocenters. The lowest BCUT2D eigenvalue weighted by Crippen LogP contribution is -2.36. The van der Waals surface area contributed by atoms with Gasteiger partial charge in [0.15, 0.2) is 0 Å². The average Bonchev–Trinajstić information content (AvgIpc) is 2.13. The van der Waals surface area contributed by atoms with Crippen molar-refractivity contribution in [2.75, 3.05) is 14.1 Å². The first-order valence-electron chi connectivity index (χ1n) is 4.58. The van der Waals surface area contributed by atoms with E-state index in [1.807, 2.05) is 0 Å². The highest BCUT2D eigenvalue weighted by Gasteiger charge is 2.25. The highest BCUT2D eigenvalue weighted by atomic mass is 35.5. The maximum absolute atomic E-state index is 11.9. The number of carbonyl (C=O) groups is 1. The minimum atomic E-state index is -3.94. The van der Waals surface area contributed by atoms with Crippen molar-refractivity contribution in [3.05, 3.63) is 27.7 Å². The molecule has 0 fully saturated rings. The number of hydrogen-bond donors (Lipinski definition) is 2. The van der Waals surface area contributed by atoms with E-state index in [0.29, 0.717) is 0 Å². The fourth-order valence-corrected chi connectivity index (χ4v) is 3.23. The number of carboxylic acids is 1. The number of sulfonamides is 1. The number of halogens is 2. The fraction of sp³-hybridized carbons (Fsp3) is 0.222. The largest absolute Gasteiger partial charge is 0.478 e. The smallest absolute Gasteiger partial charge is 0.338 e. The lowest BCUT2D eigenvalue weighted by Gasteiger charge is -2.14. The summed E-state index contributed by atoms with van der Waals surface area (Å²) >= 11 is 11.4. The van der Waals surface area contributed by atoms with Crippen LogP contribution in [-0.2, 0) is 10.0 Å². The summed E-state index contributed by atoms with van der Waals surface area (Å²) in [6.07, 6.45) is 0. The second-order valence-electron chi connectivity index (χ2n) is 3.53. The topological polar surface area (TPSA) is 86.7 Å². The van der Waals surface area contributed by atoms with Crippen LogP contribution in [0, 0.1) is 0 Å². The molecule has 0 radical (unpaired) electrons. The van der Waals surface area contributed by atoms with Crippen molar-refractivity contribution in [3.8, 4) is 0 Å². The van der Waals surface area contributed by atoms with Crippen molar-refractivity contribution in [2.45, 2.75) is 4.90 Å². The molecule has 0 aliphatic carbocycles. The monoisotopic (exact) mass is 312 g/mol. The summed E-state index contributed by atoms with van der Waals surface area (Å²) < 4.78 is 23.8. The molecule has 100 valence electrons. The molecule has 0 aliphatic rings. The molecule has 2 N–H and O–H groups in total. The molecule has 0 aromatic heterocycles. The normalized spacial score (nSPS) is 11.8. The van der Waals surface area contributed by atoms with Crippen LogP contribution in [0.3, 0.4) is 0 Å². The lowest BCUT2D eigenvalue weighted by atomic mass is 10.2. The second kappa shape index (κ2) is 5.41. The van der Waals surface area contributed by atoms with Crippen LogP contribution in [-0.4, -0.2) is 38.6 Å². The van der Waals surface area contributed by atoms with Gasteiger partial charge in [-0.2, -0.15) is 0 Å². The molecule has 0 spiro atoms. The number of aromatic carboxylic acids is 1. The van der Waals surface area contributed by atoms with E-state index in [4.69, 9.17) is 28.3 Å². The third kappa shape index (κ3) is 3.12. The third-order valence-electron chi connectivity index (χ3n) is 1.86. The van der Waals surface area contributed by atoms with Crippen LogP contribution in [0.5, 0.6) is 0 Å². The number of carboxylic acid groups (broad SMARTS) is 1. The number of nitrogens with one attached hydrogen (secondary N) is 1. The standard InChI is InChI=1S/C9H10Cl2N2O4S/c1-13(2)12-18(16,17)6-4-3-5(10)7(8(6)11)9(14)15/h3-4,12H,1-2H3,(H,14,15). The van der Waals surface area contributed by atoms with Gasteiger partial charge in [-0.05, 0) is 12.1 Å². The minimum absolute atomic E-state index is 0.128. The van der Waals surface area contributed by atoms with Crippen LogP contribution >= 0.6 is 23.2 Å². The summed E-state index contributed by atoms with van der Waals surface area (Å²) in [7, 11) is -0.998. The Kier molecular flexibility index (Phi) is 4.57. The van der Waals surface area contributed by atoms with Gasteiger partial charge < -0.3 is 5.11 Å². The molecule has 18 heavy (non-hydrogen) atoms. The van der Waals surface area contributed by atoms with Gasteiger partial charge in [-0.25, -0.2) is 18.2 Å². The molecule has 9 heteroatoms. The van der Waals surface area contributed by atoms with Gasteiger partial charge in [-0.1, -0.05) is 23.2 Å². The van der Waals surface area contributed by atoms with E-state index in [1.165, 1.54) is 25.2 Å². The maximum atomic E-state index is 11.9. The Balaban J connectivity index is 3.45. The van der Waals surface area contributed by atoms with E-state index in [0.717, 1.165) is 6.07 Å². The van der Waals surface area contributed by atoms with Crippen molar-refractivity contribution in [3.63, 3.8) is 0 Å². The molecule has 1 rings (SSSR count). The zero-order valence-corrected chi connectivity index (χ0v) is 11.8. The van der Waals surface area contributed by atoms with Crippen molar-refractivity contribution in [2.24, 2.45) is 0 Å². The highest BCUT2D eigenvalue weighted by Crippen LogP contribution is 2.30. The van der Waals surface area contributed by atoms with Crippen LogP contribution in [0.25, 0.3) is 0 Å². The van der Waals surface area contributed by atoms with Crippen LogP contribution < -0.4 is 4.83 Å². The summed E-state index contributed by atoms with van der Waals surface area (Å²) in [6.45, 7) is 0. The van der Waals surface area contributed by atoms with Crippen molar-refractivity contribution in [1.29, 1.82) is 0 Å². The highest BCUT2D eigenvalue weighted by molar-refractivity contribution is 7.89. The molecule has 0 heterocycles. The van der Waals surface area contributed by atoms with E-state index in [-0.39, 0.29) is 9.92 Å². The molecular formula is C9H10Cl2N2O4S. The van der Waals surface area contributed by atoms with Crippen LogP contribution in [0.15, 0.2) is 17.0 Å². The Hall–Kier alpha value is -0.860. The van der Waals surface area contributed by atoms with E-state index < -0.39 is 26.6 Å². The Bertz CT molecular complexity index is 586. The Morgan fingerprint density at radius 1 is 1.33 bits per heavy atom. The molecule has 0 amide bonds. The summed E-state index contributed by atoms with van der Waals surface area (Å²) in [4.78, 5) is 12.7. The first-order chi connectivity index (χ1) is 8.16. The Morgan fingerprint density at radius 2 is 1.89 bits per heavy atom. The molecule has 0 saturated heterocycles. The van der Waals surface area contributed by atoms with E-state index in [1.54, 1.807) is 0 Å². The second-order valence-corrected chi connectivity index (χ2v) is 5.94. The van der Waals surface area contributed by atoms with E-state index >= 15 is 0 Å². The molecule has 0 saturated carbocycles. The third-order valence-corrected chi connectivity index (χ3v) is 4.21. The van der Waals surface area contributed by atoms with Crippen molar-refractivity contribution < 1.29 is 18.3 Å². The average molecular weight is 313 g/mol. The maximum Gasteiger partial charge on any atom is 0.338 e. The summed E-state index contributed by atoms with van der Waals surface area (Å²) in [5.41, 5.74) is -0.444. The predicted octanol–water partition coefficient (Wildman–Crippen LogP) is 1.45. The van der Waals surface area contributed by atoms with Crippen LogP contribution in [0.4, 0.5) is 0 Å². The van der Waals surface area contributed by atoms with Crippen molar-refractivity contribution >= 4 is 39.2 Å². The first kappa shape index (κ1) is 15.2.